The molecule has 0 spiro atoms. The number of hydrogen-bond acceptors (Lipinski definition) is 7. The molecular formula is C44H69N3O8. The fourth-order valence-corrected chi connectivity index (χ4v) is 13.1. The first kappa shape index (κ1) is 41.5. The van der Waals surface area contributed by atoms with Crippen LogP contribution in [0.5, 0.6) is 0 Å². The number of hydrogen-bond donors (Lipinski definition) is 3. The second-order valence-corrected chi connectivity index (χ2v) is 21.7. The van der Waals surface area contributed by atoms with Crippen LogP contribution in [0.25, 0.3) is 0 Å². The van der Waals surface area contributed by atoms with E-state index in [2.05, 4.69) is 59.1 Å². The third kappa shape index (κ3) is 6.79. The number of urea groups is 1. The molecule has 4 saturated carbocycles. The molecule has 5 fully saturated rings. The van der Waals surface area contributed by atoms with Crippen LogP contribution >= 0.6 is 0 Å². The number of fused-ring (bicyclic) bond motifs is 7. The Bertz CT molecular complexity index is 1650. The summed E-state index contributed by atoms with van der Waals surface area (Å²) < 4.78 is 11.6. The van der Waals surface area contributed by atoms with Gasteiger partial charge in [0.05, 0.1) is 23.4 Å². The molecule has 6 aliphatic rings. The highest BCUT2D eigenvalue weighted by molar-refractivity contribution is 6.02. The molecule has 0 aromatic heterocycles. The van der Waals surface area contributed by atoms with E-state index < -0.39 is 28.5 Å². The Kier molecular flexibility index (Phi) is 10.2. The van der Waals surface area contributed by atoms with Gasteiger partial charge >= 0.3 is 24.1 Å². The van der Waals surface area contributed by atoms with Gasteiger partial charge in [-0.25, -0.2) is 9.59 Å². The van der Waals surface area contributed by atoms with E-state index in [0.29, 0.717) is 37.8 Å². The number of ether oxygens (including phenoxy) is 2. The largest absolute Gasteiger partial charge is 0.481 e. The normalized spacial score (nSPS) is 37.2. The van der Waals surface area contributed by atoms with E-state index in [1.54, 1.807) is 18.7 Å². The molecule has 0 aromatic carbocycles. The van der Waals surface area contributed by atoms with Gasteiger partial charge in [0.25, 0.3) is 0 Å². The van der Waals surface area contributed by atoms with Gasteiger partial charge < -0.3 is 30.1 Å². The number of carboxylic acids is 1. The van der Waals surface area contributed by atoms with E-state index in [0.717, 1.165) is 50.5 Å². The number of rotatable bonds is 7. The molecule has 3 amide bonds. The average Bonchev–Trinajstić information content (AvgIpc) is 3.31. The van der Waals surface area contributed by atoms with Crippen molar-refractivity contribution in [2.45, 2.75) is 171 Å². The predicted molar refractivity (Wildman–Crippen MR) is 209 cm³/mol. The van der Waals surface area contributed by atoms with Crippen molar-refractivity contribution < 1.29 is 38.6 Å². The summed E-state index contributed by atoms with van der Waals surface area (Å²) in [4.78, 5) is 66.7. The molecule has 5 aliphatic carbocycles. The highest BCUT2D eigenvalue weighted by Gasteiger charge is 2.70. The summed E-state index contributed by atoms with van der Waals surface area (Å²) in [5, 5.41) is 16.1. The van der Waals surface area contributed by atoms with E-state index in [9.17, 15) is 29.1 Å². The predicted octanol–water partition coefficient (Wildman–Crippen LogP) is 8.05. The number of nitrogens with zero attached hydrogens (tertiary/aromatic N) is 1. The van der Waals surface area contributed by atoms with Crippen molar-refractivity contribution >= 4 is 29.8 Å². The minimum Gasteiger partial charge on any atom is -0.481 e. The lowest BCUT2D eigenvalue weighted by Gasteiger charge is -2.72. The molecule has 3 N–H and O–H groups in total. The SMILES string of the molecule is CC(C)C1=C2C3CCC4C5(C)CCC(OC(=O)CC(C)(C)C(=O)O)C(C)(C)C5CCC4(C)[C@]3(C)CC[C@@]2(NC(=O)NC2CN(C(=O)OC(C)(C)C)C2)CC1=O. The monoisotopic (exact) mass is 768 g/mol. The Morgan fingerprint density at radius 2 is 1.53 bits per heavy atom. The highest BCUT2D eigenvalue weighted by atomic mass is 16.6. The number of allylic oxidation sites excluding steroid dienone is 1. The Morgan fingerprint density at radius 1 is 0.873 bits per heavy atom. The summed E-state index contributed by atoms with van der Waals surface area (Å²) in [6, 6.07) is -0.469. The van der Waals surface area contributed by atoms with Gasteiger partial charge in [-0.1, -0.05) is 48.5 Å². The van der Waals surface area contributed by atoms with Gasteiger partial charge in [0.1, 0.15) is 11.7 Å². The third-order valence-electron chi connectivity index (χ3n) is 16.0. The smallest absolute Gasteiger partial charge is 0.410 e. The Hall–Kier alpha value is -3.11. The molecule has 0 bridgehead atoms. The molecule has 11 heteroatoms. The number of ketones is 1. The maximum absolute atomic E-state index is 14.0. The van der Waals surface area contributed by atoms with Gasteiger partial charge in [-0.15, -0.1) is 0 Å². The van der Waals surface area contributed by atoms with Gasteiger partial charge in [-0.05, 0) is 137 Å². The third-order valence-corrected chi connectivity index (χ3v) is 16.0. The zero-order valence-corrected chi connectivity index (χ0v) is 35.7. The van der Waals surface area contributed by atoms with Crippen molar-refractivity contribution in [1.29, 1.82) is 0 Å². The molecule has 1 aliphatic heterocycles. The second kappa shape index (κ2) is 13.5. The van der Waals surface area contributed by atoms with Crippen LogP contribution in [0.3, 0.4) is 0 Å². The first-order valence-electron chi connectivity index (χ1n) is 21.0. The van der Waals surface area contributed by atoms with Crippen LogP contribution in [0.1, 0.15) is 147 Å². The first-order valence-corrected chi connectivity index (χ1v) is 21.0. The number of Topliss-reactive ketones (excluding diaryl/α,β-unsaturated/α-hetero) is 1. The minimum absolute atomic E-state index is 0.00152. The minimum atomic E-state index is -1.18. The Labute approximate surface area is 328 Å². The van der Waals surface area contributed by atoms with Gasteiger partial charge in [0.15, 0.2) is 5.78 Å². The van der Waals surface area contributed by atoms with Crippen LogP contribution < -0.4 is 10.6 Å². The molecule has 0 aromatic rings. The van der Waals surface area contributed by atoms with Crippen LogP contribution in [0.15, 0.2) is 11.1 Å². The molecule has 11 nitrogen and oxygen atoms in total. The lowest BCUT2D eigenvalue weighted by Crippen LogP contribution is -2.68. The van der Waals surface area contributed by atoms with Crippen LogP contribution in [0, 0.1) is 50.7 Å². The zero-order chi connectivity index (χ0) is 40.9. The second-order valence-electron chi connectivity index (χ2n) is 21.7. The van der Waals surface area contributed by atoms with Crippen LogP contribution in [-0.2, 0) is 23.9 Å². The average molecular weight is 768 g/mol. The van der Waals surface area contributed by atoms with E-state index in [-0.39, 0.29) is 70.0 Å². The molecular weight excluding hydrogens is 698 g/mol. The van der Waals surface area contributed by atoms with Gasteiger partial charge in [-0.2, -0.15) is 0 Å². The van der Waals surface area contributed by atoms with Crippen molar-refractivity contribution in [3.8, 4) is 0 Å². The quantitative estimate of drug-likeness (QED) is 0.220. The van der Waals surface area contributed by atoms with E-state index >= 15 is 0 Å². The molecule has 1 heterocycles. The molecule has 6 unspecified atom stereocenters. The van der Waals surface area contributed by atoms with Crippen molar-refractivity contribution in [2.75, 3.05) is 13.1 Å². The number of esters is 1. The van der Waals surface area contributed by atoms with Crippen LogP contribution in [0.2, 0.25) is 0 Å². The maximum Gasteiger partial charge on any atom is 0.410 e. The molecule has 0 radical (unpaired) electrons. The lowest BCUT2D eigenvalue weighted by atomic mass is 9.33. The lowest BCUT2D eigenvalue weighted by molar-refractivity contribution is -0.232. The topological polar surface area (TPSA) is 151 Å². The number of carbonyl (C=O) groups excluding carboxylic acids is 4. The summed E-state index contributed by atoms with van der Waals surface area (Å²) >= 11 is 0. The Morgan fingerprint density at radius 3 is 2.13 bits per heavy atom. The van der Waals surface area contributed by atoms with Crippen molar-refractivity contribution in [2.24, 2.45) is 50.7 Å². The maximum atomic E-state index is 14.0. The number of carboxylic acid groups (broad SMARTS) is 1. The molecule has 1 saturated heterocycles. The number of aliphatic carboxylic acids is 1. The zero-order valence-electron chi connectivity index (χ0n) is 35.7. The van der Waals surface area contributed by atoms with Gasteiger partial charge in [-0.3, -0.25) is 14.4 Å². The highest BCUT2D eigenvalue weighted by Crippen LogP contribution is 2.76. The summed E-state index contributed by atoms with van der Waals surface area (Å²) in [5.41, 5.74) is -0.735. The molecule has 6 rings (SSSR count). The first-order chi connectivity index (χ1) is 25.2. The number of carbonyl (C=O) groups is 5. The molecule has 308 valence electrons. The van der Waals surface area contributed by atoms with E-state index in [1.807, 2.05) is 20.8 Å². The fourth-order valence-electron chi connectivity index (χ4n) is 13.1. The summed E-state index contributed by atoms with van der Waals surface area (Å²) in [6.45, 7) is 25.6. The van der Waals surface area contributed by atoms with Gasteiger partial charge in [0, 0.05) is 24.9 Å². The number of likely N-dealkylation sites (tertiary alicyclic amines) is 1. The van der Waals surface area contributed by atoms with Crippen LogP contribution in [0.4, 0.5) is 9.59 Å². The standard InChI is InChI=1S/C44H69N3O8/c1-25(2)33-28(48)21-44(46-36(52)45-26-23-47(24-26)37(53)55-38(3,4)5)20-19-42(11)27(34(33)44)13-14-30-41(10)17-16-31(54-32(49)22-39(6,7)35(50)51)40(8,9)29(41)15-18-43(30,42)12/h25-27,29-31H,13-24H2,1-12H3,(H,50,51)(H2,45,46,52)/t27?,29?,30?,31?,41?,42-,43?,44-/m1/s1. The molecule has 8 atom stereocenters. The summed E-state index contributed by atoms with van der Waals surface area (Å²) in [5.74, 6) is -0.302. The van der Waals surface area contributed by atoms with E-state index in [1.165, 1.54) is 5.57 Å². The Balaban J connectivity index is 1.21. The van der Waals surface area contributed by atoms with Crippen molar-refractivity contribution in [1.82, 2.24) is 15.5 Å². The fraction of sp³-hybridized carbons (Fsp3) is 0.841. The van der Waals surface area contributed by atoms with Crippen LogP contribution in [-0.4, -0.2) is 76.2 Å². The summed E-state index contributed by atoms with van der Waals surface area (Å²) in [7, 11) is 0. The molecule has 55 heavy (non-hydrogen) atoms. The number of nitrogens with one attached hydrogen (secondary N) is 2. The number of amides is 3. The summed E-state index contributed by atoms with van der Waals surface area (Å²) in [6.07, 6.45) is 6.84. The van der Waals surface area contributed by atoms with Gasteiger partial charge in [0.2, 0.25) is 0 Å². The van der Waals surface area contributed by atoms with Crippen molar-refractivity contribution in [3.05, 3.63) is 11.1 Å². The van der Waals surface area contributed by atoms with E-state index in [4.69, 9.17) is 9.47 Å². The van der Waals surface area contributed by atoms with Crippen molar-refractivity contribution in [3.63, 3.8) is 0 Å².